The van der Waals surface area contributed by atoms with Crippen LogP contribution < -0.4 is 0 Å². The van der Waals surface area contributed by atoms with Crippen molar-refractivity contribution in [3.63, 3.8) is 0 Å². The third-order valence-corrected chi connectivity index (χ3v) is 6.05. The summed E-state index contributed by atoms with van der Waals surface area (Å²) in [6.07, 6.45) is 3.79. The standard InChI is InChI=1S/C13H20O3.Al/c1-9(14)5-6-13-11(2,3)7-10(15)8-12(13,4)16-13;/h5,9-10,15H,7-8H2,1-4H3;/q-1;/t9?,10-,12?,13?;/m0./s1. The largest absolute Gasteiger partial charge is 0.703 e. The quantitative estimate of drug-likeness (QED) is 0.569. The number of aliphatic hydroxyl groups excluding tert-OH is 1. The second-order valence-electron chi connectivity index (χ2n) is 6.54. The highest BCUT2D eigenvalue weighted by Gasteiger charge is 2.74. The van der Waals surface area contributed by atoms with E-state index in [4.69, 9.17) is 8.53 Å². The summed E-state index contributed by atoms with van der Waals surface area (Å²) in [5, 5.41) is 9.99. The zero-order valence-electron chi connectivity index (χ0n) is 11.0. The van der Waals surface area contributed by atoms with Gasteiger partial charge in [-0.05, 0) is 41.2 Å². The van der Waals surface area contributed by atoms with Crippen molar-refractivity contribution in [1.29, 1.82) is 0 Å². The van der Waals surface area contributed by atoms with Crippen LogP contribution in [0.25, 0.3) is 0 Å². The number of hydrogen-bond donors (Lipinski definition) is 1. The molecule has 3 aliphatic rings. The molecule has 0 aromatic heterocycles. The minimum absolute atomic E-state index is 0.00826. The molecule has 2 heterocycles. The van der Waals surface area contributed by atoms with Crippen LogP contribution in [-0.4, -0.2) is 44.1 Å². The van der Waals surface area contributed by atoms with Crippen LogP contribution in [0.5, 0.6) is 0 Å². The minimum atomic E-state index is -0.235. The van der Waals surface area contributed by atoms with Crippen LogP contribution in [-0.2, 0) is 8.53 Å². The molecular weight excluding hydrogens is 231 g/mol. The van der Waals surface area contributed by atoms with Crippen LogP contribution in [0, 0.1) is 5.41 Å². The summed E-state index contributed by atoms with van der Waals surface area (Å²) in [5.41, 5.74) is -0.356. The average molecular weight is 251 g/mol. The maximum atomic E-state index is 9.99. The number of fused-ring (bicyclic) bond motifs is 1. The second kappa shape index (κ2) is 3.37. The van der Waals surface area contributed by atoms with Gasteiger partial charge in [-0.3, -0.25) is 4.44 Å². The summed E-state index contributed by atoms with van der Waals surface area (Å²) in [4.78, 5) is 0. The lowest BCUT2D eigenvalue weighted by atomic mass is 9.63. The maximum Gasteiger partial charge on any atom is 0.0982 e. The first-order valence-electron chi connectivity index (χ1n) is 6.40. The Kier molecular flexibility index (Phi) is 2.42. The molecule has 3 nitrogen and oxygen atoms in total. The van der Waals surface area contributed by atoms with Gasteiger partial charge >= 0.3 is 0 Å². The predicted octanol–water partition coefficient (Wildman–Crippen LogP) is 1.62. The Morgan fingerprint density at radius 1 is 1.35 bits per heavy atom. The SMILES string of the molecule is CC1C=[C](C23OC2(C)C[C@@H](O)CC3(C)C)[Al-][O]1. The fraction of sp³-hybridized carbons (Fsp3) is 0.846. The maximum absolute atomic E-state index is 9.99. The Morgan fingerprint density at radius 3 is 2.59 bits per heavy atom. The highest BCUT2D eigenvalue weighted by atomic mass is 27.1. The summed E-state index contributed by atoms with van der Waals surface area (Å²) < 4.78 is 13.3. The molecule has 4 heteroatoms. The summed E-state index contributed by atoms with van der Waals surface area (Å²) >= 11 is -0.100. The van der Waals surface area contributed by atoms with E-state index in [1.807, 2.05) is 0 Å². The average Bonchev–Trinajstić information content (AvgIpc) is 2.60. The van der Waals surface area contributed by atoms with Gasteiger partial charge in [0.1, 0.15) is 0 Å². The van der Waals surface area contributed by atoms with Crippen LogP contribution in [0.3, 0.4) is 0 Å². The fourth-order valence-corrected chi connectivity index (χ4v) is 5.78. The lowest BCUT2D eigenvalue weighted by molar-refractivity contribution is 0.0499. The zero-order valence-corrected chi connectivity index (χ0v) is 12.1. The minimum Gasteiger partial charge on any atom is -0.703 e. The number of rotatable bonds is 1. The van der Waals surface area contributed by atoms with Gasteiger partial charge in [0.05, 0.1) is 17.3 Å². The van der Waals surface area contributed by atoms with Crippen molar-refractivity contribution in [1.82, 2.24) is 0 Å². The van der Waals surface area contributed by atoms with E-state index in [1.165, 1.54) is 4.44 Å². The van der Waals surface area contributed by atoms with Gasteiger partial charge in [0.15, 0.2) is 0 Å². The molecule has 3 unspecified atom stereocenters. The Morgan fingerprint density at radius 2 is 2.06 bits per heavy atom. The van der Waals surface area contributed by atoms with Gasteiger partial charge in [-0.15, -0.1) is 6.08 Å². The Balaban J connectivity index is 2.00. The zero-order chi connectivity index (χ0) is 12.5. The van der Waals surface area contributed by atoms with E-state index in [1.54, 1.807) is 0 Å². The van der Waals surface area contributed by atoms with E-state index >= 15 is 0 Å². The lowest BCUT2D eigenvalue weighted by Crippen LogP contribution is -2.49. The Bertz CT molecular complexity index is 392. The van der Waals surface area contributed by atoms with Gasteiger partial charge < -0.3 is 13.6 Å². The molecule has 3 rings (SSSR count). The van der Waals surface area contributed by atoms with Crippen molar-refractivity contribution in [3.8, 4) is 0 Å². The highest BCUT2D eigenvalue weighted by molar-refractivity contribution is 6.40. The van der Waals surface area contributed by atoms with E-state index in [-0.39, 0.29) is 44.4 Å². The van der Waals surface area contributed by atoms with Crippen LogP contribution >= 0.6 is 0 Å². The summed E-state index contributed by atoms with van der Waals surface area (Å²) in [7, 11) is 0. The lowest BCUT2D eigenvalue weighted by Gasteiger charge is -2.44. The van der Waals surface area contributed by atoms with Crippen molar-refractivity contribution >= 4 is 15.6 Å². The molecule has 2 aliphatic heterocycles. The molecule has 0 aromatic rings. The van der Waals surface area contributed by atoms with Crippen molar-refractivity contribution in [2.45, 2.75) is 63.9 Å². The predicted molar refractivity (Wildman–Crippen MR) is 65.6 cm³/mol. The van der Waals surface area contributed by atoms with Crippen molar-refractivity contribution < 1.29 is 13.6 Å². The van der Waals surface area contributed by atoms with Crippen molar-refractivity contribution in [2.75, 3.05) is 0 Å². The first kappa shape index (κ1) is 12.2. The topological polar surface area (TPSA) is 42.0 Å². The molecule has 94 valence electrons. The molecule has 17 heavy (non-hydrogen) atoms. The normalized spacial score (nSPS) is 51.9. The van der Waals surface area contributed by atoms with E-state index in [2.05, 4.69) is 33.8 Å². The summed E-state index contributed by atoms with van der Waals surface area (Å²) in [5.74, 6) is 0. The van der Waals surface area contributed by atoms with E-state index in [9.17, 15) is 5.11 Å². The van der Waals surface area contributed by atoms with Crippen molar-refractivity contribution in [2.24, 2.45) is 5.41 Å². The molecule has 1 saturated carbocycles. The molecule has 2 radical (unpaired) electrons. The second-order valence-corrected chi connectivity index (χ2v) is 7.67. The third-order valence-electron chi connectivity index (χ3n) is 4.64. The van der Waals surface area contributed by atoms with Gasteiger partial charge in [-0.1, -0.05) is 13.8 Å². The molecule has 2 fully saturated rings. The van der Waals surface area contributed by atoms with Crippen LogP contribution in [0.15, 0.2) is 10.5 Å². The molecule has 0 bridgehead atoms. The van der Waals surface area contributed by atoms with E-state index in [0.29, 0.717) is 0 Å². The Hall–Kier alpha value is 0.152. The van der Waals surface area contributed by atoms with Gasteiger partial charge in [0.25, 0.3) is 0 Å². The molecule has 1 saturated heterocycles. The van der Waals surface area contributed by atoms with E-state index in [0.717, 1.165) is 12.8 Å². The molecular formula is C13H20AlO3-. The van der Waals surface area contributed by atoms with Gasteiger partial charge in [0.2, 0.25) is 0 Å². The molecule has 0 amide bonds. The first-order valence-corrected chi connectivity index (χ1v) is 7.45. The van der Waals surface area contributed by atoms with E-state index < -0.39 is 0 Å². The fourth-order valence-electron chi connectivity index (χ4n) is 4.07. The van der Waals surface area contributed by atoms with Gasteiger partial charge in [-0.2, -0.15) is 0 Å². The summed E-state index contributed by atoms with van der Waals surface area (Å²) in [6.45, 7) is 8.65. The van der Waals surface area contributed by atoms with Crippen molar-refractivity contribution in [3.05, 3.63) is 10.5 Å². The Labute approximate surface area is 109 Å². The first-order chi connectivity index (χ1) is 7.81. The van der Waals surface area contributed by atoms with Gasteiger partial charge in [-0.25, -0.2) is 0 Å². The number of ether oxygens (including phenoxy) is 1. The monoisotopic (exact) mass is 251 g/mol. The third kappa shape index (κ3) is 1.46. The number of hydrogen-bond acceptors (Lipinski definition) is 3. The molecule has 1 N–H and O–H groups in total. The number of aliphatic hydroxyl groups is 1. The van der Waals surface area contributed by atoms with Crippen LogP contribution in [0.1, 0.15) is 40.5 Å². The summed E-state index contributed by atoms with van der Waals surface area (Å²) in [6, 6.07) is 0. The molecule has 0 spiro atoms. The van der Waals surface area contributed by atoms with Crippen LogP contribution in [0.2, 0.25) is 0 Å². The number of epoxide rings is 1. The van der Waals surface area contributed by atoms with Gasteiger partial charge in [0, 0.05) is 12.5 Å². The molecule has 4 atom stereocenters. The highest BCUT2D eigenvalue weighted by Crippen LogP contribution is 2.68. The molecule has 1 aliphatic carbocycles. The smallest absolute Gasteiger partial charge is 0.0982 e. The molecule has 0 aromatic carbocycles. The van der Waals surface area contributed by atoms with Crippen LogP contribution in [0.4, 0.5) is 0 Å².